The third-order valence-electron chi connectivity index (χ3n) is 2.46. The second-order valence-corrected chi connectivity index (χ2v) is 8.71. The molecule has 1 aliphatic rings. The molecule has 0 N–H and O–H groups in total. The van der Waals surface area contributed by atoms with Crippen molar-refractivity contribution in [1.29, 1.82) is 0 Å². The van der Waals surface area contributed by atoms with Gasteiger partial charge < -0.3 is 0 Å². The molecule has 0 aromatic carbocycles. The molecule has 1 rings (SSSR count). The summed E-state index contributed by atoms with van der Waals surface area (Å²) in [7, 11) is -6.40. The molecule has 1 saturated heterocycles. The second-order valence-electron chi connectivity index (χ2n) is 4.09. The highest BCUT2D eigenvalue weighted by Gasteiger charge is 2.30. The normalized spacial score (nSPS) is 24.1. The minimum absolute atomic E-state index is 0.0173. The summed E-state index contributed by atoms with van der Waals surface area (Å²) in [6, 6.07) is 0. The van der Waals surface area contributed by atoms with Crippen LogP contribution in [0, 0.1) is 5.92 Å². The highest BCUT2D eigenvalue weighted by Crippen LogP contribution is 2.13. The van der Waals surface area contributed by atoms with Crippen LogP contribution in [-0.2, 0) is 19.9 Å². The van der Waals surface area contributed by atoms with Crippen molar-refractivity contribution in [2.45, 2.75) is 6.92 Å². The number of rotatable bonds is 4. The number of sulfone groups is 1. The third-order valence-corrected chi connectivity index (χ3v) is 6.73. The van der Waals surface area contributed by atoms with Crippen molar-refractivity contribution in [3.63, 3.8) is 0 Å². The monoisotopic (exact) mass is 289 g/mol. The molecule has 1 heterocycles. The van der Waals surface area contributed by atoms with E-state index in [2.05, 4.69) is 0 Å². The maximum Gasteiger partial charge on any atom is 0.214 e. The molecule has 96 valence electrons. The van der Waals surface area contributed by atoms with E-state index in [1.807, 2.05) is 0 Å². The first-order valence-electron chi connectivity index (χ1n) is 5.01. The molecule has 0 spiro atoms. The fourth-order valence-corrected chi connectivity index (χ4v) is 4.94. The molecule has 0 saturated carbocycles. The summed E-state index contributed by atoms with van der Waals surface area (Å²) in [4.78, 5) is 0. The Morgan fingerprint density at radius 3 is 2.25 bits per heavy atom. The van der Waals surface area contributed by atoms with E-state index in [4.69, 9.17) is 11.6 Å². The summed E-state index contributed by atoms with van der Waals surface area (Å²) < 4.78 is 47.2. The van der Waals surface area contributed by atoms with Crippen molar-refractivity contribution < 1.29 is 16.8 Å². The van der Waals surface area contributed by atoms with Gasteiger partial charge in [0, 0.05) is 19.0 Å². The van der Waals surface area contributed by atoms with Crippen LogP contribution >= 0.6 is 11.6 Å². The van der Waals surface area contributed by atoms with Gasteiger partial charge in [-0.05, 0) is 5.92 Å². The molecule has 0 aliphatic carbocycles. The van der Waals surface area contributed by atoms with Crippen molar-refractivity contribution in [3.05, 3.63) is 0 Å². The summed E-state index contributed by atoms with van der Waals surface area (Å²) in [6.07, 6.45) is 0. The first kappa shape index (κ1) is 14.2. The van der Waals surface area contributed by atoms with Crippen LogP contribution in [0.5, 0.6) is 0 Å². The van der Waals surface area contributed by atoms with E-state index < -0.39 is 19.9 Å². The van der Waals surface area contributed by atoms with E-state index in [0.717, 1.165) is 0 Å². The Morgan fingerprint density at radius 2 is 1.81 bits per heavy atom. The largest absolute Gasteiger partial charge is 0.229 e. The number of hydrogen-bond donors (Lipinski definition) is 0. The van der Waals surface area contributed by atoms with Crippen LogP contribution in [0.25, 0.3) is 0 Å². The van der Waals surface area contributed by atoms with Crippen LogP contribution < -0.4 is 0 Å². The summed E-state index contributed by atoms with van der Waals surface area (Å²) in [5.41, 5.74) is 0. The van der Waals surface area contributed by atoms with Crippen molar-refractivity contribution in [2.75, 3.05) is 36.2 Å². The highest BCUT2D eigenvalue weighted by atomic mass is 35.5. The molecule has 0 aromatic heterocycles. The lowest BCUT2D eigenvalue weighted by Crippen LogP contribution is -2.45. The van der Waals surface area contributed by atoms with E-state index in [-0.39, 0.29) is 42.1 Å². The lowest BCUT2D eigenvalue weighted by molar-refractivity contribution is 0.426. The van der Waals surface area contributed by atoms with E-state index in [1.54, 1.807) is 6.92 Å². The lowest BCUT2D eigenvalue weighted by atomic mass is 10.3. The number of halogens is 1. The number of alkyl halides is 1. The SMILES string of the molecule is CC(CCl)CS(=O)(=O)N1CCS(=O)(=O)CC1. The molecule has 1 fully saturated rings. The van der Waals surface area contributed by atoms with Gasteiger partial charge >= 0.3 is 0 Å². The highest BCUT2D eigenvalue weighted by molar-refractivity contribution is 7.92. The Balaban J connectivity index is 2.65. The fourth-order valence-electron chi connectivity index (χ4n) is 1.48. The maximum atomic E-state index is 11.8. The topological polar surface area (TPSA) is 71.5 Å². The third kappa shape index (κ3) is 3.87. The molecule has 1 unspecified atom stereocenters. The molecule has 0 radical (unpaired) electrons. The van der Waals surface area contributed by atoms with Crippen molar-refractivity contribution in [3.8, 4) is 0 Å². The summed E-state index contributed by atoms with van der Waals surface area (Å²) >= 11 is 5.56. The molecule has 0 aromatic rings. The number of hydrogen-bond acceptors (Lipinski definition) is 4. The average Bonchev–Trinajstić information content (AvgIpc) is 2.16. The standard InChI is InChI=1S/C8H16ClNO4S2/c1-8(6-9)7-16(13,14)10-2-4-15(11,12)5-3-10/h8H,2-7H2,1H3. The van der Waals surface area contributed by atoms with Crippen molar-refractivity contribution in [2.24, 2.45) is 5.92 Å². The van der Waals surface area contributed by atoms with Gasteiger partial charge in [-0.1, -0.05) is 6.92 Å². The number of sulfonamides is 1. The zero-order chi connectivity index (χ0) is 12.4. The Hall–Kier alpha value is 0.150. The quantitative estimate of drug-likeness (QED) is 0.679. The van der Waals surface area contributed by atoms with Crippen LogP contribution in [0.4, 0.5) is 0 Å². The van der Waals surface area contributed by atoms with Crippen LogP contribution in [0.1, 0.15) is 6.92 Å². The van der Waals surface area contributed by atoms with Gasteiger partial charge in [-0.3, -0.25) is 0 Å². The van der Waals surface area contributed by atoms with Crippen LogP contribution in [-0.4, -0.2) is 57.4 Å². The predicted octanol–water partition coefficient (Wildman–Crippen LogP) is -0.0785. The zero-order valence-electron chi connectivity index (χ0n) is 9.09. The molecule has 1 atom stereocenters. The Kier molecular flexibility index (Phi) is 4.62. The molecule has 0 bridgehead atoms. The molecule has 0 amide bonds. The summed E-state index contributed by atoms with van der Waals surface area (Å²) in [5.74, 6) is -0.0181. The maximum absolute atomic E-state index is 11.8. The van der Waals surface area contributed by atoms with Gasteiger partial charge in [-0.15, -0.1) is 11.6 Å². The van der Waals surface area contributed by atoms with E-state index in [1.165, 1.54) is 4.31 Å². The van der Waals surface area contributed by atoms with Crippen molar-refractivity contribution >= 4 is 31.5 Å². The molecular formula is C8H16ClNO4S2. The Bertz CT molecular complexity index is 417. The summed E-state index contributed by atoms with van der Waals surface area (Å²) in [6.45, 7) is 1.89. The molecule has 8 heteroatoms. The molecule has 5 nitrogen and oxygen atoms in total. The minimum atomic E-state index is -3.36. The van der Waals surface area contributed by atoms with Gasteiger partial charge in [0.25, 0.3) is 0 Å². The molecular weight excluding hydrogens is 274 g/mol. The van der Waals surface area contributed by atoms with Gasteiger partial charge in [-0.25, -0.2) is 16.8 Å². The second kappa shape index (κ2) is 5.20. The van der Waals surface area contributed by atoms with Gasteiger partial charge in [0.1, 0.15) is 0 Å². The lowest BCUT2D eigenvalue weighted by Gasteiger charge is -2.26. The van der Waals surface area contributed by atoms with E-state index in [0.29, 0.717) is 0 Å². The first-order valence-corrected chi connectivity index (χ1v) is 8.97. The molecule has 1 aliphatic heterocycles. The van der Waals surface area contributed by atoms with Crippen molar-refractivity contribution in [1.82, 2.24) is 4.31 Å². The van der Waals surface area contributed by atoms with Crippen LogP contribution in [0.15, 0.2) is 0 Å². The van der Waals surface area contributed by atoms with E-state index >= 15 is 0 Å². The van der Waals surface area contributed by atoms with Crippen LogP contribution in [0.2, 0.25) is 0 Å². The van der Waals surface area contributed by atoms with Gasteiger partial charge in [0.05, 0.1) is 17.3 Å². The Labute approximate surface area is 102 Å². The fraction of sp³-hybridized carbons (Fsp3) is 1.00. The van der Waals surface area contributed by atoms with Gasteiger partial charge in [-0.2, -0.15) is 4.31 Å². The predicted molar refractivity (Wildman–Crippen MR) is 63.9 cm³/mol. The van der Waals surface area contributed by atoms with E-state index in [9.17, 15) is 16.8 Å². The Morgan fingerprint density at radius 1 is 1.31 bits per heavy atom. The smallest absolute Gasteiger partial charge is 0.214 e. The van der Waals surface area contributed by atoms with Gasteiger partial charge in [0.15, 0.2) is 9.84 Å². The molecule has 16 heavy (non-hydrogen) atoms. The summed E-state index contributed by atoms with van der Waals surface area (Å²) in [5, 5.41) is 0. The zero-order valence-corrected chi connectivity index (χ0v) is 11.5. The average molecular weight is 290 g/mol. The minimum Gasteiger partial charge on any atom is -0.229 e. The number of nitrogens with zero attached hydrogens (tertiary/aromatic N) is 1. The first-order chi connectivity index (χ1) is 7.27. The van der Waals surface area contributed by atoms with Gasteiger partial charge in [0.2, 0.25) is 10.0 Å². The van der Waals surface area contributed by atoms with Crippen LogP contribution in [0.3, 0.4) is 0 Å².